The van der Waals surface area contributed by atoms with Crippen molar-refractivity contribution >= 4 is 5.97 Å². The van der Waals surface area contributed by atoms with Crippen LogP contribution >= 0.6 is 0 Å². The molecule has 12 heavy (non-hydrogen) atoms. The van der Waals surface area contributed by atoms with E-state index in [4.69, 9.17) is 5.11 Å². The Hall–Kier alpha value is -1.46. The molecule has 0 unspecified atom stereocenters. The second kappa shape index (κ2) is 3.29. The molecule has 0 aliphatic carbocycles. The van der Waals surface area contributed by atoms with Gasteiger partial charge in [-0.3, -0.25) is 9.48 Å². The van der Waals surface area contributed by atoms with E-state index in [9.17, 15) is 13.6 Å². The maximum atomic E-state index is 11.9. The van der Waals surface area contributed by atoms with E-state index in [-0.39, 0.29) is 5.56 Å². The van der Waals surface area contributed by atoms with E-state index >= 15 is 0 Å². The lowest BCUT2D eigenvalue weighted by molar-refractivity contribution is -0.137. The molecule has 0 saturated carbocycles. The summed E-state index contributed by atoms with van der Waals surface area (Å²) in [5, 5.41) is 11.7. The molecular weight excluding hydrogens is 170 g/mol. The van der Waals surface area contributed by atoms with Gasteiger partial charge in [-0.25, -0.2) is 8.78 Å². The summed E-state index contributed by atoms with van der Waals surface area (Å²) in [5.41, 5.74) is -0.267. The zero-order valence-electron chi connectivity index (χ0n) is 5.94. The van der Waals surface area contributed by atoms with Crippen LogP contribution < -0.4 is 0 Å². The van der Waals surface area contributed by atoms with Gasteiger partial charge in [-0.2, -0.15) is 5.10 Å². The molecule has 1 N–H and O–H groups in total. The highest BCUT2D eigenvalue weighted by Crippen LogP contribution is 2.16. The van der Waals surface area contributed by atoms with Crippen LogP contribution in [0.15, 0.2) is 12.4 Å². The number of halogens is 2. The Labute approximate surface area is 66.4 Å². The molecule has 0 spiro atoms. The predicted octanol–water partition coefficient (Wildman–Crippen LogP) is 0.905. The number of alkyl halides is 2. The smallest absolute Gasteiger partial charge is 0.325 e. The molecule has 0 aliphatic rings. The summed E-state index contributed by atoms with van der Waals surface area (Å²) in [4.78, 5) is 10.1. The Morgan fingerprint density at radius 2 is 2.42 bits per heavy atom. The van der Waals surface area contributed by atoms with Gasteiger partial charge in [0, 0.05) is 6.20 Å². The minimum absolute atomic E-state index is 0.267. The van der Waals surface area contributed by atoms with E-state index in [0.29, 0.717) is 0 Å². The van der Waals surface area contributed by atoms with Crippen molar-refractivity contribution in [3.05, 3.63) is 18.0 Å². The van der Waals surface area contributed by atoms with Crippen LogP contribution in [-0.4, -0.2) is 20.9 Å². The van der Waals surface area contributed by atoms with Crippen molar-refractivity contribution < 1.29 is 18.7 Å². The quantitative estimate of drug-likeness (QED) is 0.744. The van der Waals surface area contributed by atoms with Gasteiger partial charge in [0.1, 0.15) is 6.54 Å². The largest absolute Gasteiger partial charge is 0.480 e. The molecule has 4 nitrogen and oxygen atoms in total. The van der Waals surface area contributed by atoms with E-state index in [1.165, 1.54) is 0 Å². The molecule has 1 rings (SSSR count). The van der Waals surface area contributed by atoms with Crippen molar-refractivity contribution in [2.45, 2.75) is 13.0 Å². The molecular formula is C6H6F2N2O2. The normalized spacial score (nSPS) is 10.6. The second-order valence-electron chi connectivity index (χ2n) is 2.17. The van der Waals surface area contributed by atoms with Crippen LogP contribution in [0.25, 0.3) is 0 Å². The average molecular weight is 176 g/mol. The van der Waals surface area contributed by atoms with Gasteiger partial charge < -0.3 is 5.11 Å². The number of carboxylic acid groups (broad SMARTS) is 1. The average Bonchev–Trinajstić information content (AvgIpc) is 2.34. The van der Waals surface area contributed by atoms with Crippen LogP contribution in [0.1, 0.15) is 12.0 Å². The lowest BCUT2D eigenvalue weighted by atomic mass is 10.4. The highest BCUT2D eigenvalue weighted by Gasteiger charge is 2.10. The molecule has 1 aromatic rings. The van der Waals surface area contributed by atoms with E-state index < -0.39 is 18.9 Å². The first-order valence-electron chi connectivity index (χ1n) is 3.12. The molecule has 1 aromatic heterocycles. The fraction of sp³-hybridized carbons (Fsp3) is 0.333. The van der Waals surface area contributed by atoms with Gasteiger partial charge in [-0.15, -0.1) is 0 Å². The van der Waals surface area contributed by atoms with Crippen molar-refractivity contribution in [1.82, 2.24) is 9.78 Å². The summed E-state index contributed by atoms with van der Waals surface area (Å²) in [6, 6.07) is 0. The van der Waals surface area contributed by atoms with Gasteiger partial charge >= 0.3 is 5.97 Å². The van der Waals surface area contributed by atoms with Crippen molar-refractivity contribution in [1.29, 1.82) is 0 Å². The lowest BCUT2D eigenvalue weighted by Crippen LogP contribution is -2.08. The van der Waals surface area contributed by atoms with Crippen molar-refractivity contribution in [2.24, 2.45) is 0 Å². The van der Waals surface area contributed by atoms with E-state index in [2.05, 4.69) is 5.10 Å². The number of carboxylic acids is 1. The summed E-state index contributed by atoms with van der Waals surface area (Å²) in [7, 11) is 0. The predicted molar refractivity (Wildman–Crippen MR) is 34.8 cm³/mol. The third kappa shape index (κ3) is 2.01. The van der Waals surface area contributed by atoms with Gasteiger partial charge in [0.25, 0.3) is 6.43 Å². The van der Waals surface area contributed by atoms with E-state index in [1.807, 2.05) is 0 Å². The van der Waals surface area contributed by atoms with E-state index in [0.717, 1.165) is 17.1 Å². The van der Waals surface area contributed by atoms with Gasteiger partial charge in [0.15, 0.2) is 0 Å². The van der Waals surface area contributed by atoms with Crippen LogP contribution in [0.5, 0.6) is 0 Å². The topological polar surface area (TPSA) is 55.1 Å². The number of hydrogen-bond donors (Lipinski definition) is 1. The standard InChI is InChI=1S/C6H6F2N2O2/c7-6(8)4-1-9-10(2-4)3-5(11)12/h1-2,6H,3H2,(H,11,12). The van der Waals surface area contributed by atoms with Crippen LogP contribution in [-0.2, 0) is 11.3 Å². The summed E-state index contributed by atoms with van der Waals surface area (Å²) < 4.78 is 24.8. The molecule has 0 amide bonds. The SMILES string of the molecule is O=C(O)Cn1cc(C(F)F)cn1. The fourth-order valence-corrected chi connectivity index (χ4v) is 0.717. The van der Waals surface area contributed by atoms with Crippen LogP contribution in [0.4, 0.5) is 8.78 Å². The number of nitrogens with zero attached hydrogens (tertiary/aromatic N) is 2. The number of rotatable bonds is 3. The van der Waals surface area contributed by atoms with Crippen molar-refractivity contribution in [3.8, 4) is 0 Å². The monoisotopic (exact) mass is 176 g/mol. The van der Waals surface area contributed by atoms with Gasteiger partial charge in [-0.05, 0) is 0 Å². The number of hydrogen-bond acceptors (Lipinski definition) is 2. The summed E-state index contributed by atoms with van der Waals surface area (Å²) >= 11 is 0. The molecule has 66 valence electrons. The highest BCUT2D eigenvalue weighted by molar-refractivity contribution is 5.66. The molecule has 1 heterocycles. The Morgan fingerprint density at radius 1 is 1.75 bits per heavy atom. The van der Waals surface area contributed by atoms with Gasteiger partial charge in [0.2, 0.25) is 0 Å². The first-order chi connectivity index (χ1) is 5.59. The highest BCUT2D eigenvalue weighted by atomic mass is 19.3. The van der Waals surface area contributed by atoms with Crippen LogP contribution in [0.3, 0.4) is 0 Å². The summed E-state index contributed by atoms with van der Waals surface area (Å²) in [5.74, 6) is -1.11. The summed E-state index contributed by atoms with van der Waals surface area (Å²) in [6.45, 7) is -0.396. The maximum absolute atomic E-state index is 11.9. The lowest BCUT2D eigenvalue weighted by Gasteiger charge is -1.93. The van der Waals surface area contributed by atoms with E-state index in [1.54, 1.807) is 0 Å². The Bertz CT molecular complexity index is 285. The Kier molecular flexibility index (Phi) is 2.37. The third-order valence-electron chi connectivity index (χ3n) is 1.20. The number of carbonyl (C=O) groups is 1. The minimum Gasteiger partial charge on any atom is -0.480 e. The molecule has 0 aromatic carbocycles. The zero-order valence-corrected chi connectivity index (χ0v) is 5.94. The van der Waals surface area contributed by atoms with Crippen LogP contribution in [0, 0.1) is 0 Å². The molecule has 0 atom stereocenters. The van der Waals surface area contributed by atoms with Crippen molar-refractivity contribution in [3.63, 3.8) is 0 Å². The number of aromatic nitrogens is 2. The van der Waals surface area contributed by atoms with Gasteiger partial charge in [0.05, 0.1) is 11.8 Å². The molecule has 0 fully saturated rings. The van der Waals surface area contributed by atoms with Crippen LogP contribution in [0.2, 0.25) is 0 Å². The fourth-order valence-electron chi connectivity index (χ4n) is 0.717. The summed E-state index contributed by atoms with van der Waals surface area (Å²) in [6.07, 6.45) is -0.639. The molecule has 0 saturated heterocycles. The molecule has 0 aliphatic heterocycles. The maximum Gasteiger partial charge on any atom is 0.325 e. The first kappa shape index (κ1) is 8.63. The zero-order chi connectivity index (χ0) is 9.14. The molecule has 6 heteroatoms. The second-order valence-corrected chi connectivity index (χ2v) is 2.17. The first-order valence-corrected chi connectivity index (χ1v) is 3.12. The van der Waals surface area contributed by atoms with Gasteiger partial charge in [-0.1, -0.05) is 0 Å². The van der Waals surface area contributed by atoms with Crippen molar-refractivity contribution in [2.75, 3.05) is 0 Å². The Balaban J connectivity index is 2.70. The minimum atomic E-state index is -2.60. The third-order valence-corrected chi connectivity index (χ3v) is 1.20. The molecule has 0 bridgehead atoms. The Morgan fingerprint density at radius 3 is 2.83 bits per heavy atom. The number of aliphatic carboxylic acids is 1. The molecule has 0 radical (unpaired) electrons.